The molecule has 1 aromatic carbocycles. The Hall–Kier alpha value is -1.90. The Kier molecular flexibility index (Phi) is 4.38. The number of nitrogens with two attached hydrogens (primary N) is 1. The van der Waals surface area contributed by atoms with E-state index in [0.29, 0.717) is 41.1 Å². The Bertz CT molecular complexity index is 730. The van der Waals surface area contributed by atoms with Crippen molar-refractivity contribution in [2.75, 3.05) is 0 Å². The van der Waals surface area contributed by atoms with Gasteiger partial charge in [-0.3, -0.25) is 9.36 Å². The zero-order valence-electron chi connectivity index (χ0n) is 11.1. The van der Waals surface area contributed by atoms with Crippen LogP contribution in [0, 0.1) is 11.3 Å². The lowest BCUT2D eigenvalue weighted by Crippen LogP contribution is -2.29. The molecular formula is C14H15ClN4O. The molecule has 2 aromatic rings. The minimum absolute atomic E-state index is 0.203. The summed E-state index contributed by atoms with van der Waals surface area (Å²) in [4.78, 5) is 17.0. The predicted molar refractivity (Wildman–Crippen MR) is 78.5 cm³/mol. The lowest BCUT2D eigenvalue weighted by Gasteiger charge is -2.15. The van der Waals surface area contributed by atoms with Crippen molar-refractivity contribution in [2.45, 2.75) is 32.4 Å². The van der Waals surface area contributed by atoms with Gasteiger partial charge in [0.1, 0.15) is 5.82 Å². The van der Waals surface area contributed by atoms with E-state index in [9.17, 15) is 4.79 Å². The van der Waals surface area contributed by atoms with Gasteiger partial charge in [0.2, 0.25) is 0 Å². The molecule has 6 heteroatoms. The fourth-order valence-corrected chi connectivity index (χ4v) is 2.37. The molecule has 0 fully saturated rings. The van der Waals surface area contributed by atoms with Crippen LogP contribution in [-0.4, -0.2) is 9.55 Å². The van der Waals surface area contributed by atoms with Crippen molar-refractivity contribution in [1.29, 1.82) is 5.26 Å². The molecule has 0 bridgehead atoms. The first kappa shape index (κ1) is 14.5. The van der Waals surface area contributed by atoms with Crippen molar-refractivity contribution >= 4 is 22.5 Å². The van der Waals surface area contributed by atoms with Crippen LogP contribution in [0.1, 0.15) is 31.6 Å². The largest absolute Gasteiger partial charge is 0.322 e. The highest BCUT2D eigenvalue weighted by Gasteiger charge is 2.15. The van der Waals surface area contributed by atoms with Gasteiger partial charge in [0.05, 0.1) is 28.0 Å². The number of hydrogen-bond acceptors (Lipinski definition) is 4. The predicted octanol–water partition coefficient (Wildman–Crippen LogP) is 2.37. The molecule has 104 valence electrons. The molecular weight excluding hydrogens is 276 g/mol. The summed E-state index contributed by atoms with van der Waals surface area (Å²) in [6.45, 7) is 2.19. The van der Waals surface area contributed by atoms with Gasteiger partial charge in [-0.1, -0.05) is 17.7 Å². The summed E-state index contributed by atoms with van der Waals surface area (Å²) in [5.74, 6) is 0.516. The van der Waals surface area contributed by atoms with Crippen LogP contribution in [0.4, 0.5) is 0 Å². The van der Waals surface area contributed by atoms with Crippen LogP contribution in [0.25, 0.3) is 10.9 Å². The van der Waals surface area contributed by atoms with Crippen LogP contribution in [0.3, 0.4) is 0 Å². The molecule has 5 nitrogen and oxygen atoms in total. The molecule has 1 unspecified atom stereocenters. The molecule has 1 aromatic heterocycles. The first-order valence-corrected chi connectivity index (χ1v) is 6.75. The summed E-state index contributed by atoms with van der Waals surface area (Å²) < 4.78 is 1.52. The Labute approximate surface area is 121 Å². The standard InChI is InChI=1S/C14H15ClN4O/c1-9(17)13-18-11-6-4-5-10(15)12(11)14(20)19(13)8-3-2-7-16/h4-6,9H,2-3,8,17H2,1H3. The minimum atomic E-state index is -0.367. The highest BCUT2D eigenvalue weighted by Crippen LogP contribution is 2.20. The first-order valence-electron chi connectivity index (χ1n) is 6.37. The molecule has 2 N–H and O–H groups in total. The molecule has 0 aliphatic heterocycles. The zero-order chi connectivity index (χ0) is 14.7. The van der Waals surface area contributed by atoms with E-state index in [1.807, 2.05) is 0 Å². The van der Waals surface area contributed by atoms with Crippen molar-refractivity contribution < 1.29 is 0 Å². The quantitative estimate of drug-likeness (QED) is 0.876. The van der Waals surface area contributed by atoms with Crippen LogP contribution in [0.2, 0.25) is 5.02 Å². The van der Waals surface area contributed by atoms with Gasteiger partial charge >= 0.3 is 0 Å². The van der Waals surface area contributed by atoms with Crippen LogP contribution >= 0.6 is 11.6 Å². The molecule has 0 saturated carbocycles. The number of aromatic nitrogens is 2. The third-order valence-electron chi connectivity index (χ3n) is 3.04. The van der Waals surface area contributed by atoms with Gasteiger partial charge in [-0.05, 0) is 25.5 Å². The van der Waals surface area contributed by atoms with E-state index in [1.165, 1.54) is 4.57 Å². The second-order valence-corrected chi connectivity index (χ2v) is 5.02. The highest BCUT2D eigenvalue weighted by atomic mass is 35.5. The van der Waals surface area contributed by atoms with E-state index >= 15 is 0 Å². The molecule has 0 saturated heterocycles. The molecule has 0 aliphatic carbocycles. The zero-order valence-corrected chi connectivity index (χ0v) is 11.9. The number of halogens is 1. The van der Waals surface area contributed by atoms with Crippen molar-refractivity contribution in [2.24, 2.45) is 5.73 Å². The average Bonchev–Trinajstić information content (AvgIpc) is 2.40. The summed E-state index contributed by atoms with van der Waals surface area (Å²) >= 11 is 6.09. The van der Waals surface area contributed by atoms with Gasteiger partial charge in [0.15, 0.2) is 0 Å². The third-order valence-corrected chi connectivity index (χ3v) is 3.35. The molecule has 0 aliphatic rings. The van der Waals surface area contributed by atoms with Crippen LogP contribution in [-0.2, 0) is 6.54 Å². The maximum Gasteiger partial charge on any atom is 0.262 e. The smallest absolute Gasteiger partial charge is 0.262 e. The number of hydrogen-bond donors (Lipinski definition) is 1. The van der Waals surface area contributed by atoms with E-state index in [2.05, 4.69) is 11.1 Å². The lowest BCUT2D eigenvalue weighted by molar-refractivity contribution is 0.560. The summed E-state index contributed by atoms with van der Waals surface area (Å²) in [5.41, 5.74) is 6.24. The molecule has 0 radical (unpaired) electrons. The lowest BCUT2D eigenvalue weighted by atomic mass is 10.2. The van der Waals surface area contributed by atoms with E-state index in [1.54, 1.807) is 25.1 Å². The van der Waals surface area contributed by atoms with Crippen molar-refractivity contribution in [1.82, 2.24) is 9.55 Å². The monoisotopic (exact) mass is 290 g/mol. The topological polar surface area (TPSA) is 84.7 Å². The van der Waals surface area contributed by atoms with E-state index in [4.69, 9.17) is 22.6 Å². The maximum absolute atomic E-state index is 12.6. The second kappa shape index (κ2) is 6.04. The fourth-order valence-electron chi connectivity index (χ4n) is 2.12. The van der Waals surface area contributed by atoms with Gasteiger partial charge in [-0.25, -0.2) is 4.98 Å². The Balaban J connectivity index is 2.66. The van der Waals surface area contributed by atoms with E-state index < -0.39 is 0 Å². The summed E-state index contributed by atoms with van der Waals surface area (Å²) in [6.07, 6.45) is 0.957. The minimum Gasteiger partial charge on any atom is -0.322 e. The molecule has 2 rings (SSSR count). The Morgan fingerprint density at radius 2 is 2.30 bits per heavy atom. The SMILES string of the molecule is CC(N)c1nc2cccc(Cl)c2c(=O)n1CCCC#N. The highest BCUT2D eigenvalue weighted by molar-refractivity contribution is 6.35. The van der Waals surface area contributed by atoms with Crippen molar-refractivity contribution in [3.8, 4) is 6.07 Å². The van der Waals surface area contributed by atoms with Crippen molar-refractivity contribution in [3.05, 3.63) is 39.4 Å². The van der Waals surface area contributed by atoms with Crippen LogP contribution < -0.4 is 11.3 Å². The van der Waals surface area contributed by atoms with Gasteiger partial charge in [-0.2, -0.15) is 5.26 Å². The van der Waals surface area contributed by atoms with E-state index in [0.717, 1.165) is 0 Å². The van der Waals surface area contributed by atoms with Gasteiger partial charge in [0.25, 0.3) is 5.56 Å². The van der Waals surface area contributed by atoms with Gasteiger partial charge in [-0.15, -0.1) is 0 Å². The molecule has 0 spiro atoms. The molecule has 0 amide bonds. The van der Waals surface area contributed by atoms with Crippen LogP contribution in [0.15, 0.2) is 23.0 Å². The summed E-state index contributed by atoms with van der Waals surface area (Å²) in [6, 6.07) is 6.86. The van der Waals surface area contributed by atoms with E-state index in [-0.39, 0.29) is 11.6 Å². The van der Waals surface area contributed by atoms with Crippen LogP contribution in [0.5, 0.6) is 0 Å². The maximum atomic E-state index is 12.6. The third kappa shape index (κ3) is 2.67. The number of unbranched alkanes of at least 4 members (excludes halogenated alkanes) is 1. The van der Waals surface area contributed by atoms with Gasteiger partial charge in [0, 0.05) is 13.0 Å². The fraction of sp³-hybridized carbons (Fsp3) is 0.357. The Morgan fingerprint density at radius 1 is 1.55 bits per heavy atom. The first-order chi connectivity index (χ1) is 9.56. The number of fused-ring (bicyclic) bond motifs is 1. The molecule has 1 atom stereocenters. The molecule has 1 heterocycles. The molecule has 20 heavy (non-hydrogen) atoms. The summed E-state index contributed by atoms with van der Waals surface area (Å²) in [7, 11) is 0. The number of benzene rings is 1. The second-order valence-electron chi connectivity index (χ2n) is 4.61. The normalized spacial score (nSPS) is 12.3. The average molecular weight is 291 g/mol. The van der Waals surface area contributed by atoms with Crippen molar-refractivity contribution in [3.63, 3.8) is 0 Å². The Morgan fingerprint density at radius 3 is 2.95 bits per heavy atom. The number of rotatable bonds is 4. The number of nitrogens with zero attached hydrogens (tertiary/aromatic N) is 3. The summed E-state index contributed by atoms with van der Waals surface area (Å²) in [5, 5.41) is 9.39. The van der Waals surface area contributed by atoms with Gasteiger partial charge < -0.3 is 5.73 Å². The number of nitriles is 1.